The van der Waals surface area contributed by atoms with Gasteiger partial charge in [0.05, 0.1) is 6.04 Å². The van der Waals surface area contributed by atoms with Gasteiger partial charge in [0.25, 0.3) is 0 Å². The minimum absolute atomic E-state index is 0.138. The van der Waals surface area contributed by atoms with E-state index in [1.165, 1.54) is 23.5 Å². The Morgan fingerprint density at radius 1 is 0.905 bits per heavy atom. The normalized spacial score (nSPS) is 12.8. The molecule has 1 aromatic heterocycles. The molecule has 0 saturated heterocycles. The number of benzene rings is 2. The third-order valence-electron chi connectivity index (χ3n) is 3.20. The Morgan fingerprint density at radius 3 is 2.43 bits per heavy atom. The Kier molecular flexibility index (Phi) is 3.43. The molecule has 0 fully saturated rings. The third-order valence-corrected chi connectivity index (χ3v) is 4.40. The van der Waals surface area contributed by atoms with Gasteiger partial charge in [0.1, 0.15) is 5.82 Å². The Hall–Kier alpha value is -1.92. The van der Waals surface area contributed by atoms with E-state index in [0.29, 0.717) is 10.3 Å². The van der Waals surface area contributed by atoms with Gasteiger partial charge in [-0.3, -0.25) is 0 Å². The molecule has 1 heterocycles. The highest BCUT2D eigenvalue weighted by molar-refractivity contribution is 7.19. The van der Waals surface area contributed by atoms with Gasteiger partial charge >= 0.3 is 0 Å². The molecule has 0 radical (unpaired) electrons. The van der Waals surface area contributed by atoms with E-state index in [4.69, 9.17) is 5.73 Å². The maximum atomic E-state index is 13.8. The van der Waals surface area contributed by atoms with Crippen LogP contribution in [0.25, 0.3) is 10.1 Å². The molecule has 1 unspecified atom stereocenters. The number of thiophene rings is 1. The van der Waals surface area contributed by atoms with Crippen molar-refractivity contribution in [2.45, 2.75) is 6.04 Å². The van der Waals surface area contributed by atoms with Crippen LogP contribution >= 0.6 is 11.3 Å². The minimum Gasteiger partial charge on any atom is -0.320 e. The quantitative estimate of drug-likeness (QED) is 0.547. The topological polar surface area (TPSA) is 26.0 Å². The van der Waals surface area contributed by atoms with Gasteiger partial charge in [-0.15, -0.1) is 11.3 Å². The summed E-state index contributed by atoms with van der Waals surface area (Å²) in [5.41, 5.74) is 5.79. The van der Waals surface area contributed by atoms with E-state index in [0.717, 1.165) is 16.8 Å². The van der Waals surface area contributed by atoms with Crippen molar-refractivity contribution in [2.75, 3.05) is 0 Å². The van der Waals surface area contributed by atoms with E-state index in [9.17, 15) is 17.6 Å². The fraction of sp³-hybridized carbons (Fsp3) is 0.0667. The highest BCUT2D eigenvalue weighted by Gasteiger charge is 2.21. The van der Waals surface area contributed by atoms with E-state index >= 15 is 0 Å². The molecule has 0 spiro atoms. The molecule has 21 heavy (non-hydrogen) atoms. The maximum Gasteiger partial charge on any atom is 0.194 e. The van der Waals surface area contributed by atoms with Crippen LogP contribution in [0.4, 0.5) is 17.6 Å². The molecular weight excluding hydrogens is 302 g/mol. The summed E-state index contributed by atoms with van der Waals surface area (Å²) in [7, 11) is 0. The Labute approximate surface area is 121 Å². The Bertz CT molecular complexity index is 828. The fourth-order valence-corrected chi connectivity index (χ4v) is 3.19. The third kappa shape index (κ3) is 2.41. The first kappa shape index (κ1) is 14.0. The summed E-state index contributed by atoms with van der Waals surface area (Å²) >= 11 is 1.25. The molecule has 2 aromatic carbocycles. The van der Waals surface area contributed by atoms with Gasteiger partial charge in [0.2, 0.25) is 0 Å². The SMILES string of the molecule is NC(c1cc2cc(F)ccc2s1)c1ccc(F)c(F)c1F. The summed E-state index contributed by atoms with van der Waals surface area (Å²) in [5, 5.41) is 0.633. The molecule has 0 bridgehead atoms. The number of fused-ring (bicyclic) bond motifs is 1. The van der Waals surface area contributed by atoms with Crippen molar-refractivity contribution in [3.05, 3.63) is 70.1 Å². The standard InChI is InChI=1S/C15H9F4NS/c16-8-1-4-11-7(5-8)6-12(21-11)15(20)9-2-3-10(17)14(19)13(9)18/h1-6,15H,20H2. The fourth-order valence-electron chi connectivity index (χ4n) is 2.12. The van der Waals surface area contributed by atoms with E-state index < -0.39 is 23.5 Å². The zero-order chi connectivity index (χ0) is 15.1. The highest BCUT2D eigenvalue weighted by atomic mass is 32.1. The highest BCUT2D eigenvalue weighted by Crippen LogP contribution is 2.33. The molecule has 3 aromatic rings. The lowest BCUT2D eigenvalue weighted by molar-refractivity contribution is 0.439. The van der Waals surface area contributed by atoms with Gasteiger partial charge in [-0.1, -0.05) is 6.07 Å². The lowest BCUT2D eigenvalue weighted by Crippen LogP contribution is -2.13. The summed E-state index contributed by atoms with van der Waals surface area (Å²) in [6.07, 6.45) is 0. The Balaban J connectivity index is 2.08. The van der Waals surface area contributed by atoms with Crippen LogP contribution < -0.4 is 5.73 Å². The maximum absolute atomic E-state index is 13.8. The number of nitrogens with two attached hydrogens (primary N) is 1. The predicted octanol–water partition coefficient (Wildman–Crippen LogP) is 4.51. The van der Waals surface area contributed by atoms with Crippen LogP contribution in [0.3, 0.4) is 0 Å². The van der Waals surface area contributed by atoms with E-state index in [-0.39, 0.29) is 11.4 Å². The molecule has 0 aliphatic carbocycles. The van der Waals surface area contributed by atoms with Gasteiger partial charge < -0.3 is 5.73 Å². The van der Waals surface area contributed by atoms with Crippen molar-refractivity contribution in [3.8, 4) is 0 Å². The van der Waals surface area contributed by atoms with Crippen LogP contribution in [0, 0.1) is 23.3 Å². The molecule has 0 aliphatic rings. The Morgan fingerprint density at radius 2 is 1.67 bits per heavy atom. The molecule has 1 atom stereocenters. The average Bonchev–Trinajstić information content (AvgIpc) is 2.87. The van der Waals surface area contributed by atoms with E-state index in [1.807, 2.05) is 0 Å². The zero-order valence-corrected chi connectivity index (χ0v) is 11.4. The van der Waals surface area contributed by atoms with Gasteiger partial charge in [-0.25, -0.2) is 17.6 Å². The summed E-state index contributed by atoms with van der Waals surface area (Å²) in [6, 6.07) is 6.86. The van der Waals surface area contributed by atoms with Crippen LogP contribution in [0.15, 0.2) is 36.4 Å². The van der Waals surface area contributed by atoms with Gasteiger partial charge in [-0.05, 0) is 35.7 Å². The first-order chi connectivity index (χ1) is 9.97. The molecule has 0 aliphatic heterocycles. The van der Waals surface area contributed by atoms with Crippen molar-refractivity contribution in [2.24, 2.45) is 5.73 Å². The molecule has 3 rings (SSSR count). The number of rotatable bonds is 2. The molecule has 1 nitrogen and oxygen atoms in total. The van der Waals surface area contributed by atoms with Crippen molar-refractivity contribution in [1.82, 2.24) is 0 Å². The molecular formula is C15H9F4NS. The average molecular weight is 311 g/mol. The minimum atomic E-state index is -1.55. The second-order valence-corrected chi connectivity index (χ2v) is 5.69. The van der Waals surface area contributed by atoms with Gasteiger partial charge in [-0.2, -0.15) is 0 Å². The second kappa shape index (κ2) is 5.13. The van der Waals surface area contributed by atoms with Crippen LogP contribution in [-0.4, -0.2) is 0 Å². The lowest BCUT2D eigenvalue weighted by atomic mass is 10.0. The van der Waals surface area contributed by atoms with Crippen LogP contribution in [-0.2, 0) is 0 Å². The van der Waals surface area contributed by atoms with Crippen molar-refractivity contribution in [3.63, 3.8) is 0 Å². The molecule has 0 amide bonds. The second-order valence-electron chi connectivity index (χ2n) is 4.57. The van der Waals surface area contributed by atoms with Crippen molar-refractivity contribution < 1.29 is 17.6 Å². The lowest BCUT2D eigenvalue weighted by Gasteiger charge is -2.11. The number of hydrogen-bond acceptors (Lipinski definition) is 2. The van der Waals surface area contributed by atoms with Crippen LogP contribution in [0.5, 0.6) is 0 Å². The zero-order valence-electron chi connectivity index (χ0n) is 10.5. The molecule has 0 saturated carbocycles. The van der Waals surface area contributed by atoms with E-state index in [1.54, 1.807) is 12.1 Å². The predicted molar refractivity (Wildman–Crippen MR) is 74.1 cm³/mol. The number of hydrogen-bond donors (Lipinski definition) is 1. The summed E-state index contributed by atoms with van der Waals surface area (Å²) in [4.78, 5) is 0.542. The van der Waals surface area contributed by atoms with Gasteiger partial charge in [0.15, 0.2) is 17.5 Å². The molecule has 108 valence electrons. The monoisotopic (exact) mass is 311 g/mol. The first-order valence-electron chi connectivity index (χ1n) is 6.05. The smallest absolute Gasteiger partial charge is 0.194 e. The van der Waals surface area contributed by atoms with Crippen LogP contribution in [0.1, 0.15) is 16.5 Å². The van der Waals surface area contributed by atoms with Crippen molar-refractivity contribution in [1.29, 1.82) is 0 Å². The van der Waals surface area contributed by atoms with Crippen molar-refractivity contribution >= 4 is 21.4 Å². The molecule has 6 heteroatoms. The number of halogens is 4. The molecule has 2 N–H and O–H groups in total. The van der Waals surface area contributed by atoms with Crippen LogP contribution in [0.2, 0.25) is 0 Å². The van der Waals surface area contributed by atoms with Gasteiger partial charge in [0, 0.05) is 15.1 Å². The van der Waals surface area contributed by atoms with E-state index in [2.05, 4.69) is 0 Å². The largest absolute Gasteiger partial charge is 0.320 e. The summed E-state index contributed by atoms with van der Waals surface area (Å²) in [6.45, 7) is 0. The summed E-state index contributed by atoms with van der Waals surface area (Å²) in [5.74, 6) is -4.50. The first-order valence-corrected chi connectivity index (χ1v) is 6.87. The summed E-state index contributed by atoms with van der Waals surface area (Å²) < 4.78 is 53.9.